The number of carbonyl (C=O) groups excluding carboxylic acids is 1. The Balaban J connectivity index is 1.75. The number of esters is 1. The molecule has 0 aromatic rings. The van der Waals surface area contributed by atoms with E-state index in [0.717, 1.165) is 18.3 Å². The van der Waals surface area contributed by atoms with Crippen LogP contribution in [-0.2, 0) is 9.53 Å². The van der Waals surface area contributed by atoms with Crippen molar-refractivity contribution in [3.8, 4) is 0 Å². The molecule has 0 spiro atoms. The van der Waals surface area contributed by atoms with Crippen LogP contribution in [0.3, 0.4) is 0 Å². The van der Waals surface area contributed by atoms with E-state index in [-0.39, 0.29) is 5.97 Å². The van der Waals surface area contributed by atoms with Gasteiger partial charge in [-0.1, -0.05) is 19.1 Å². The zero-order chi connectivity index (χ0) is 10.7. The van der Waals surface area contributed by atoms with Gasteiger partial charge in [0.15, 0.2) is 0 Å². The molecule has 0 saturated heterocycles. The fourth-order valence-electron chi connectivity index (χ4n) is 2.83. The minimum absolute atomic E-state index is 0.0214. The molecule has 2 rings (SSSR count). The predicted molar refractivity (Wildman–Crippen MR) is 59.3 cm³/mol. The Morgan fingerprint density at radius 2 is 2.33 bits per heavy atom. The number of hydrogen-bond acceptors (Lipinski definition) is 2. The average Bonchev–Trinajstić information content (AvgIpc) is 2.51. The Hall–Kier alpha value is -0.790. The van der Waals surface area contributed by atoms with Crippen molar-refractivity contribution in [2.45, 2.75) is 39.0 Å². The first-order valence-corrected chi connectivity index (χ1v) is 6.12. The van der Waals surface area contributed by atoms with Gasteiger partial charge in [-0.3, -0.25) is 4.79 Å². The molecule has 0 aromatic heterocycles. The van der Waals surface area contributed by atoms with E-state index in [2.05, 4.69) is 12.2 Å². The first-order chi connectivity index (χ1) is 7.29. The molecule has 84 valence electrons. The highest BCUT2D eigenvalue weighted by atomic mass is 16.5. The molecule has 15 heavy (non-hydrogen) atoms. The Morgan fingerprint density at radius 1 is 1.47 bits per heavy atom. The molecule has 2 aliphatic rings. The van der Waals surface area contributed by atoms with Crippen LogP contribution in [0.5, 0.6) is 0 Å². The van der Waals surface area contributed by atoms with Crippen LogP contribution in [0.2, 0.25) is 0 Å². The van der Waals surface area contributed by atoms with Gasteiger partial charge in [-0.15, -0.1) is 0 Å². The summed E-state index contributed by atoms with van der Waals surface area (Å²) in [6.07, 6.45) is 9.81. The van der Waals surface area contributed by atoms with Crippen molar-refractivity contribution in [3.63, 3.8) is 0 Å². The number of carbonyl (C=O) groups is 1. The predicted octanol–water partition coefficient (Wildman–Crippen LogP) is 2.93. The summed E-state index contributed by atoms with van der Waals surface area (Å²) in [6, 6.07) is 0. The summed E-state index contributed by atoms with van der Waals surface area (Å²) in [5.74, 6) is 2.13. The Bertz CT molecular complexity index is 257. The Labute approximate surface area is 91.7 Å². The maximum atomic E-state index is 11.3. The van der Waals surface area contributed by atoms with Gasteiger partial charge >= 0.3 is 5.97 Å². The largest absolute Gasteiger partial charge is 0.465 e. The van der Waals surface area contributed by atoms with E-state index in [0.29, 0.717) is 18.9 Å². The first kappa shape index (κ1) is 10.7. The second-order valence-corrected chi connectivity index (χ2v) is 4.85. The minimum atomic E-state index is -0.0214. The Morgan fingerprint density at radius 3 is 3.07 bits per heavy atom. The van der Waals surface area contributed by atoms with Crippen molar-refractivity contribution in [3.05, 3.63) is 12.2 Å². The van der Waals surface area contributed by atoms with Crippen molar-refractivity contribution in [1.29, 1.82) is 0 Å². The van der Waals surface area contributed by atoms with E-state index in [1.807, 2.05) is 6.92 Å². The normalized spacial score (nSPS) is 33.0. The summed E-state index contributed by atoms with van der Waals surface area (Å²) in [4.78, 5) is 11.3. The summed E-state index contributed by atoms with van der Waals surface area (Å²) in [6.45, 7) is 2.66. The molecule has 3 atom stereocenters. The van der Waals surface area contributed by atoms with E-state index in [1.54, 1.807) is 0 Å². The third-order valence-electron chi connectivity index (χ3n) is 3.64. The monoisotopic (exact) mass is 208 g/mol. The lowest BCUT2D eigenvalue weighted by molar-refractivity contribution is -0.145. The molecule has 2 nitrogen and oxygen atoms in total. The standard InChI is InChI=1S/C13H20O2/c1-2-4-13(14)15-9-12-8-10-5-3-6-11(12)7-10/h3,5,10-12H,2,4,6-9H2,1H3. The topological polar surface area (TPSA) is 26.3 Å². The van der Waals surface area contributed by atoms with Crippen LogP contribution in [0.1, 0.15) is 39.0 Å². The molecule has 0 aliphatic heterocycles. The van der Waals surface area contributed by atoms with Crippen molar-refractivity contribution >= 4 is 5.97 Å². The van der Waals surface area contributed by atoms with Gasteiger partial charge in [-0.05, 0) is 43.4 Å². The third kappa shape index (κ3) is 2.61. The molecule has 1 saturated carbocycles. The van der Waals surface area contributed by atoms with Crippen LogP contribution in [0.15, 0.2) is 12.2 Å². The molecule has 0 radical (unpaired) electrons. The fourth-order valence-corrected chi connectivity index (χ4v) is 2.83. The van der Waals surface area contributed by atoms with Crippen molar-refractivity contribution in [2.75, 3.05) is 6.61 Å². The van der Waals surface area contributed by atoms with E-state index < -0.39 is 0 Å². The van der Waals surface area contributed by atoms with E-state index >= 15 is 0 Å². The maximum absolute atomic E-state index is 11.3. The quantitative estimate of drug-likeness (QED) is 0.524. The lowest BCUT2D eigenvalue weighted by Gasteiger charge is -2.18. The lowest BCUT2D eigenvalue weighted by Crippen LogP contribution is -2.17. The van der Waals surface area contributed by atoms with Crippen LogP contribution in [0.25, 0.3) is 0 Å². The highest BCUT2D eigenvalue weighted by molar-refractivity contribution is 5.69. The molecule has 2 aliphatic carbocycles. The molecule has 3 unspecified atom stereocenters. The minimum Gasteiger partial charge on any atom is -0.465 e. The second-order valence-electron chi connectivity index (χ2n) is 4.85. The third-order valence-corrected chi connectivity index (χ3v) is 3.64. The summed E-state index contributed by atoms with van der Waals surface area (Å²) in [7, 11) is 0. The molecule has 1 fully saturated rings. The molecular formula is C13H20O2. The molecule has 0 N–H and O–H groups in total. The smallest absolute Gasteiger partial charge is 0.305 e. The Kier molecular flexibility index (Phi) is 3.45. The van der Waals surface area contributed by atoms with Gasteiger partial charge in [0, 0.05) is 6.42 Å². The summed E-state index contributed by atoms with van der Waals surface area (Å²) in [5, 5.41) is 0. The number of ether oxygens (including phenoxy) is 1. The van der Waals surface area contributed by atoms with E-state index in [1.165, 1.54) is 19.3 Å². The van der Waals surface area contributed by atoms with Gasteiger partial charge < -0.3 is 4.74 Å². The van der Waals surface area contributed by atoms with Gasteiger partial charge in [0.1, 0.15) is 0 Å². The van der Waals surface area contributed by atoms with Gasteiger partial charge in [-0.2, -0.15) is 0 Å². The second kappa shape index (κ2) is 4.82. The van der Waals surface area contributed by atoms with Gasteiger partial charge in [-0.25, -0.2) is 0 Å². The highest BCUT2D eigenvalue weighted by Gasteiger charge is 2.35. The molecular weight excluding hydrogens is 188 g/mol. The summed E-state index contributed by atoms with van der Waals surface area (Å²) >= 11 is 0. The maximum Gasteiger partial charge on any atom is 0.305 e. The van der Waals surface area contributed by atoms with Crippen LogP contribution in [0.4, 0.5) is 0 Å². The van der Waals surface area contributed by atoms with E-state index in [4.69, 9.17) is 4.74 Å². The van der Waals surface area contributed by atoms with Crippen molar-refractivity contribution in [2.24, 2.45) is 17.8 Å². The van der Waals surface area contributed by atoms with Gasteiger partial charge in [0.2, 0.25) is 0 Å². The van der Waals surface area contributed by atoms with Gasteiger partial charge in [0.05, 0.1) is 6.61 Å². The number of rotatable bonds is 4. The molecule has 0 aromatic carbocycles. The number of allylic oxidation sites excluding steroid dienone is 2. The zero-order valence-electron chi connectivity index (χ0n) is 9.45. The molecule has 2 heteroatoms. The zero-order valence-corrected chi connectivity index (χ0v) is 9.45. The SMILES string of the molecule is CCCC(=O)OCC1CC2C=CCC1C2. The van der Waals surface area contributed by atoms with Crippen LogP contribution in [0, 0.1) is 17.8 Å². The molecule has 0 heterocycles. The van der Waals surface area contributed by atoms with E-state index in [9.17, 15) is 4.79 Å². The van der Waals surface area contributed by atoms with Crippen LogP contribution < -0.4 is 0 Å². The van der Waals surface area contributed by atoms with Crippen LogP contribution >= 0.6 is 0 Å². The van der Waals surface area contributed by atoms with Gasteiger partial charge in [0.25, 0.3) is 0 Å². The average molecular weight is 208 g/mol. The number of hydrogen-bond donors (Lipinski definition) is 0. The summed E-state index contributed by atoms with van der Waals surface area (Å²) < 4.78 is 5.31. The lowest BCUT2D eigenvalue weighted by atomic mass is 9.92. The van der Waals surface area contributed by atoms with Crippen LogP contribution in [-0.4, -0.2) is 12.6 Å². The highest BCUT2D eigenvalue weighted by Crippen LogP contribution is 2.42. The molecule has 0 amide bonds. The molecule has 2 bridgehead atoms. The van der Waals surface area contributed by atoms with Crippen molar-refractivity contribution in [1.82, 2.24) is 0 Å². The number of fused-ring (bicyclic) bond motifs is 2. The summed E-state index contributed by atoms with van der Waals surface area (Å²) in [5.41, 5.74) is 0. The first-order valence-electron chi connectivity index (χ1n) is 6.12. The fraction of sp³-hybridized carbons (Fsp3) is 0.769. The van der Waals surface area contributed by atoms with Crippen molar-refractivity contribution < 1.29 is 9.53 Å².